The first-order chi connectivity index (χ1) is 12.2. The number of aliphatic hydroxyl groups excluding tert-OH is 1. The van der Waals surface area contributed by atoms with E-state index in [0.29, 0.717) is 0 Å². The lowest BCUT2D eigenvalue weighted by Crippen LogP contribution is -2.31. The van der Waals surface area contributed by atoms with Gasteiger partial charge in [-0.2, -0.15) is 0 Å². The molecular weight excluding hydrogens is 310 g/mol. The third-order valence-corrected chi connectivity index (χ3v) is 5.22. The number of nitrogens with two attached hydrogens (primary N) is 1. The quantitative estimate of drug-likeness (QED) is 0.243. The predicted octanol–water partition coefficient (Wildman–Crippen LogP) is 5.75. The first kappa shape index (κ1) is 24.2. The van der Waals surface area contributed by atoms with Crippen LogP contribution in [0.4, 0.5) is 0 Å². The van der Waals surface area contributed by atoms with E-state index in [0.717, 1.165) is 25.7 Å². The first-order valence-corrected chi connectivity index (χ1v) is 10.7. The molecule has 0 aromatic heterocycles. The van der Waals surface area contributed by atoms with E-state index >= 15 is 0 Å². The maximum atomic E-state index is 11.5. The van der Waals surface area contributed by atoms with Crippen molar-refractivity contribution in [1.82, 2.24) is 0 Å². The van der Waals surface area contributed by atoms with Gasteiger partial charge in [0, 0.05) is 12.5 Å². The zero-order valence-electron chi connectivity index (χ0n) is 16.8. The Morgan fingerprint density at radius 3 is 1.88 bits per heavy atom. The van der Waals surface area contributed by atoms with Crippen LogP contribution < -0.4 is 5.73 Å². The molecule has 0 fully saturated rings. The number of primary amides is 1. The molecule has 0 spiro atoms. The maximum Gasteiger partial charge on any atom is 0.220 e. The van der Waals surface area contributed by atoms with Gasteiger partial charge in [-0.1, -0.05) is 83.8 Å². The van der Waals surface area contributed by atoms with Crippen LogP contribution in [-0.2, 0) is 4.79 Å². The van der Waals surface area contributed by atoms with E-state index in [4.69, 9.17) is 5.73 Å². The summed E-state index contributed by atoms with van der Waals surface area (Å²) in [5.41, 5.74) is 5.48. The Labute approximate surface area is 156 Å². The number of unbranched alkanes of at least 4 members (excludes halogenated alkanes) is 10. The molecule has 2 unspecified atom stereocenters. The Kier molecular flexibility index (Phi) is 17.4. The number of carbonyl (C=O) groups excluding carboxylic acids is 1. The van der Waals surface area contributed by atoms with Crippen LogP contribution in [0.3, 0.4) is 0 Å². The average Bonchev–Trinajstić information content (AvgIpc) is 2.61. The molecule has 0 bridgehead atoms. The molecule has 3 N–H and O–H groups in total. The highest BCUT2D eigenvalue weighted by Crippen LogP contribution is 2.22. The van der Waals surface area contributed by atoms with Crippen molar-refractivity contribution in [3.63, 3.8) is 0 Å². The molecule has 2 atom stereocenters. The fourth-order valence-corrected chi connectivity index (χ4v) is 3.41. The normalized spacial score (nSPS) is 14.0. The minimum atomic E-state index is -0.251. The number of allylic oxidation sites excluding steroid dienone is 2. The van der Waals surface area contributed by atoms with Gasteiger partial charge in [0.2, 0.25) is 5.91 Å². The van der Waals surface area contributed by atoms with Gasteiger partial charge in [-0.05, 0) is 38.0 Å². The molecule has 0 aromatic rings. The van der Waals surface area contributed by atoms with E-state index < -0.39 is 0 Å². The molecule has 0 aromatic carbocycles. The summed E-state index contributed by atoms with van der Waals surface area (Å²) < 4.78 is 0. The summed E-state index contributed by atoms with van der Waals surface area (Å²) in [6, 6.07) is 0. The van der Waals surface area contributed by atoms with E-state index in [1.807, 2.05) is 6.92 Å². The van der Waals surface area contributed by atoms with Crippen molar-refractivity contribution < 1.29 is 9.90 Å². The Morgan fingerprint density at radius 1 is 0.880 bits per heavy atom. The van der Waals surface area contributed by atoms with Crippen LogP contribution in [0.5, 0.6) is 0 Å². The van der Waals surface area contributed by atoms with Crippen molar-refractivity contribution >= 4 is 5.91 Å². The van der Waals surface area contributed by atoms with Gasteiger partial charge in [0.25, 0.3) is 0 Å². The monoisotopic (exact) mass is 353 g/mol. The maximum absolute atomic E-state index is 11.5. The molecule has 0 heterocycles. The molecule has 0 saturated carbocycles. The fraction of sp³-hybridized carbons (Fsp3) is 0.864. The van der Waals surface area contributed by atoms with Gasteiger partial charge in [0.05, 0.1) is 0 Å². The third-order valence-electron chi connectivity index (χ3n) is 5.22. The molecular formula is C22H43NO2. The van der Waals surface area contributed by atoms with Crippen molar-refractivity contribution in [3.05, 3.63) is 12.2 Å². The number of hydrogen-bond acceptors (Lipinski definition) is 2. The lowest BCUT2D eigenvalue weighted by molar-refractivity contribution is -0.124. The van der Waals surface area contributed by atoms with Gasteiger partial charge in [0.15, 0.2) is 0 Å². The molecule has 148 valence electrons. The highest BCUT2D eigenvalue weighted by atomic mass is 16.3. The van der Waals surface area contributed by atoms with E-state index in [2.05, 4.69) is 19.1 Å². The van der Waals surface area contributed by atoms with Crippen LogP contribution in [-0.4, -0.2) is 17.6 Å². The first-order valence-electron chi connectivity index (χ1n) is 10.7. The largest absolute Gasteiger partial charge is 0.396 e. The summed E-state index contributed by atoms with van der Waals surface area (Å²) in [6.07, 6.45) is 21.5. The van der Waals surface area contributed by atoms with Crippen LogP contribution >= 0.6 is 0 Å². The minimum Gasteiger partial charge on any atom is -0.396 e. The number of aliphatic hydroxyl groups is 1. The highest BCUT2D eigenvalue weighted by molar-refractivity contribution is 5.76. The van der Waals surface area contributed by atoms with Gasteiger partial charge in [-0.25, -0.2) is 0 Å². The standard InChI is InChI=1S/C22H43NO2/c1-3-5-6-7-8-9-10-11-12-13-14-15-16-17-18-21(22(23)25)20(4-2)19-24/h11-12,20-21,24H,3-10,13-19H2,1-2H3,(H2,23,25)/b12-11+. The second kappa shape index (κ2) is 18.0. The molecule has 0 saturated heterocycles. The second-order valence-electron chi connectivity index (χ2n) is 7.38. The van der Waals surface area contributed by atoms with E-state index in [9.17, 15) is 9.90 Å². The van der Waals surface area contributed by atoms with Crippen LogP contribution in [0.1, 0.15) is 104 Å². The number of hydrogen-bond donors (Lipinski definition) is 2. The van der Waals surface area contributed by atoms with E-state index in [1.165, 1.54) is 64.2 Å². The summed E-state index contributed by atoms with van der Waals surface area (Å²) >= 11 is 0. The Morgan fingerprint density at radius 2 is 1.40 bits per heavy atom. The van der Waals surface area contributed by atoms with Gasteiger partial charge in [-0.3, -0.25) is 4.79 Å². The van der Waals surface area contributed by atoms with E-state index in [-0.39, 0.29) is 24.3 Å². The third kappa shape index (κ3) is 14.1. The van der Waals surface area contributed by atoms with Crippen molar-refractivity contribution in [2.24, 2.45) is 17.6 Å². The Bertz CT molecular complexity index is 324. The fourth-order valence-electron chi connectivity index (χ4n) is 3.41. The SMILES string of the molecule is CCCCCCCC/C=C/CCCCCCC(C(N)=O)C(CC)CO. The Balaban J connectivity index is 3.53. The molecule has 1 amide bonds. The highest BCUT2D eigenvalue weighted by Gasteiger charge is 2.23. The lowest BCUT2D eigenvalue weighted by Gasteiger charge is -2.21. The van der Waals surface area contributed by atoms with Crippen molar-refractivity contribution in [2.45, 2.75) is 104 Å². The van der Waals surface area contributed by atoms with Gasteiger partial charge >= 0.3 is 0 Å². The van der Waals surface area contributed by atoms with Crippen molar-refractivity contribution in [3.8, 4) is 0 Å². The average molecular weight is 354 g/mol. The lowest BCUT2D eigenvalue weighted by atomic mass is 9.86. The number of rotatable bonds is 18. The molecule has 0 radical (unpaired) electrons. The molecule has 0 aliphatic heterocycles. The van der Waals surface area contributed by atoms with Gasteiger partial charge in [0.1, 0.15) is 0 Å². The predicted molar refractivity (Wildman–Crippen MR) is 108 cm³/mol. The summed E-state index contributed by atoms with van der Waals surface area (Å²) in [4.78, 5) is 11.5. The zero-order chi connectivity index (χ0) is 18.8. The molecule has 0 aliphatic rings. The molecule has 3 heteroatoms. The number of carbonyl (C=O) groups is 1. The zero-order valence-corrected chi connectivity index (χ0v) is 16.8. The minimum absolute atomic E-state index is 0.0300. The van der Waals surface area contributed by atoms with Crippen molar-refractivity contribution in [1.29, 1.82) is 0 Å². The van der Waals surface area contributed by atoms with Crippen LogP contribution in [0, 0.1) is 11.8 Å². The molecule has 25 heavy (non-hydrogen) atoms. The topological polar surface area (TPSA) is 63.3 Å². The summed E-state index contributed by atoms with van der Waals surface area (Å²) in [7, 11) is 0. The van der Waals surface area contributed by atoms with Crippen LogP contribution in [0.25, 0.3) is 0 Å². The smallest absolute Gasteiger partial charge is 0.220 e. The van der Waals surface area contributed by atoms with Crippen molar-refractivity contribution in [2.75, 3.05) is 6.61 Å². The molecule has 3 nitrogen and oxygen atoms in total. The molecule has 0 rings (SSSR count). The van der Waals surface area contributed by atoms with E-state index in [1.54, 1.807) is 0 Å². The summed E-state index contributed by atoms with van der Waals surface area (Å²) in [5, 5.41) is 9.35. The van der Waals surface area contributed by atoms with Crippen LogP contribution in [0.2, 0.25) is 0 Å². The second-order valence-corrected chi connectivity index (χ2v) is 7.38. The molecule has 0 aliphatic carbocycles. The Hall–Kier alpha value is -0.830. The summed E-state index contributed by atoms with van der Waals surface area (Å²) in [5.74, 6) is -0.381. The van der Waals surface area contributed by atoms with Gasteiger partial charge in [-0.15, -0.1) is 0 Å². The van der Waals surface area contributed by atoms with Gasteiger partial charge < -0.3 is 10.8 Å². The summed E-state index contributed by atoms with van der Waals surface area (Å²) in [6.45, 7) is 4.33. The van der Waals surface area contributed by atoms with Crippen LogP contribution in [0.15, 0.2) is 12.2 Å². The number of amides is 1.